The molecule has 3 amide bonds. The first-order chi connectivity index (χ1) is 9.95. The molecule has 8 heteroatoms. The third kappa shape index (κ3) is 4.19. The van der Waals surface area contributed by atoms with Crippen molar-refractivity contribution >= 4 is 42.0 Å². The molecule has 21 heavy (non-hydrogen) atoms. The summed E-state index contributed by atoms with van der Waals surface area (Å²) in [5, 5.41) is 7.31. The Labute approximate surface area is 127 Å². The summed E-state index contributed by atoms with van der Waals surface area (Å²) >= 11 is 4.02. The standard InChI is InChI=1S/C13H16N4O3S/c1-7(21)12(19)16-9-3-2-4-10(15-9)17-13(20)8-5-6-11(18)14-8/h2-4,7-8,21H,5-6H2,1H3,(H,14,18)(H2,15,16,17,19,20)/t7?,8-/m0/s1. The summed E-state index contributed by atoms with van der Waals surface area (Å²) in [6.07, 6.45) is 0.819. The van der Waals surface area contributed by atoms with Gasteiger partial charge >= 0.3 is 0 Å². The van der Waals surface area contributed by atoms with E-state index in [1.165, 1.54) is 0 Å². The van der Waals surface area contributed by atoms with Crippen molar-refractivity contribution in [2.24, 2.45) is 0 Å². The highest BCUT2D eigenvalue weighted by Gasteiger charge is 2.27. The second-order valence-electron chi connectivity index (χ2n) is 4.72. The van der Waals surface area contributed by atoms with Crippen LogP contribution in [0.4, 0.5) is 11.6 Å². The van der Waals surface area contributed by atoms with E-state index in [2.05, 4.69) is 33.6 Å². The van der Waals surface area contributed by atoms with Gasteiger partial charge in [-0.25, -0.2) is 4.98 Å². The van der Waals surface area contributed by atoms with E-state index in [0.717, 1.165) is 0 Å². The molecule has 0 radical (unpaired) electrons. The lowest BCUT2D eigenvalue weighted by molar-refractivity contribution is -0.122. The van der Waals surface area contributed by atoms with Crippen LogP contribution in [-0.2, 0) is 14.4 Å². The Morgan fingerprint density at radius 2 is 2.05 bits per heavy atom. The molecule has 0 aromatic carbocycles. The summed E-state index contributed by atoms with van der Waals surface area (Å²) in [7, 11) is 0. The number of pyridine rings is 1. The van der Waals surface area contributed by atoms with Crippen molar-refractivity contribution in [2.45, 2.75) is 31.1 Å². The Bertz CT molecular complexity index is 576. The van der Waals surface area contributed by atoms with Gasteiger partial charge in [0.1, 0.15) is 17.7 Å². The average Bonchev–Trinajstić information content (AvgIpc) is 2.86. The topological polar surface area (TPSA) is 100 Å². The van der Waals surface area contributed by atoms with Crippen LogP contribution in [0.25, 0.3) is 0 Å². The van der Waals surface area contributed by atoms with Crippen LogP contribution in [0.1, 0.15) is 19.8 Å². The zero-order chi connectivity index (χ0) is 15.4. The maximum atomic E-state index is 11.9. The molecule has 1 aromatic rings. The summed E-state index contributed by atoms with van der Waals surface area (Å²) in [6, 6.07) is 4.35. The molecule has 1 aliphatic heterocycles. The predicted molar refractivity (Wildman–Crippen MR) is 81.1 cm³/mol. The highest BCUT2D eigenvalue weighted by atomic mass is 32.1. The Hall–Kier alpha value is -2.09. The average molecular weight is 308 g/mol. The lowest BCUT2D eigenvalue weighted by Gasteiger charge is -2.11. The second-order valence-corrected chi connectivity index (χ2v) is 5.50. The maximum Gasteiger partial charge on any atom is 0.248 e. The van der Waals surface area contributed by atoms with Crippen LogP contribution in [-0.4, -0.2) is 34.0 Å². The van der Waals surface area contributed by atoms with Gasteiger partial charge in [-0.1, -0.05) is 6.07 Å². The molecule has 0 spiro atoms. The van der Waals surface area contributed by atoms with Gasteiger partial charge in [-0.15, -0.1) is 0 Å². The number of thiol groups is 1. The first-order valence-corrected chi connectivity index (χ1v) is 7.03. The van der Waals surface area contributed by atoms with Gasteiger partial charge < -0.3 is 16.0 Å². The number of nitrogens with one attached hydrogen (secondary N) is 3. The normalized spacial score (nSPS) is 18.8. The predicted octanol–water partition coefficient (Wildman–Crippen LogP) is 0.555. The molecular weight excluding hydrogens is 292 g/mol. The van der Waals surface area contributed by atoms with E-state index in [0.29, 0.717) is 24.5 Å². The van der Waals surface area contributed by atoms with Crippen molar-refractivity contribution < 1.29 is 14.4 Å². The maximum absolute atomic E-state index is 11.9. The van der Waals surface area contributed by atoms with Crippen LogP contribution < -0.4 is 16.0 Å². The van der Waals surface area contributed by atoms with Gasteiger partial charge in [0.15, 0.2) is 0 Å². The van der Waals surface area contributed by atoms with Crippen molar-refractivity contribution in [3.8, 4) is 0 Å². The molecule has 3 N–H and O–H groups in total. The zero-order valence-corrected chi connectivity index (χ0v) is 12.3. The summed E-state index contributed by atoms with van der Waals surface area (Å²) in [5.74, 6) is -0.0939. The van der Waals surface area contributed by atoms with Crippen LogP contribution in [0.2, 0.25) is 0 Å². The van der Waals surface area contributed by atoms with E-state index < -0.39 is 11.3 Å². The summed E-state index contributed by atoms with van der Waals surface area (Å²) < 4.78 is 0. The number of anilines is 2. The molecular formula is C13H16N4O3S. The Morgan fingerprint density at radius 3 is 2.62 bits per heavy atom. The van der Waals surface area contributed by atoms with Gasteiger partial charge in [0.2, 0.25) is 17.7 Å². The first kappa shape index (κ1) is 15.3. The molecule has 2 rings (SSSR count). The Balaban J connectivity index is 1.99. The third-order valence-corrected chi connectivity index (χ3v) is 3.18. The number of nitrogens with zero attached hydrogens (tertiary/aromatic N) is 1. The summed E-state index contributed by atoms with van der Waals surface area (Å²) in [4.78, 5) is 38.7. The van der Waals surface area contributed by atoms with Gasteiger partial charge in [0, 0.05) is 6.42 Å². The number of carbonyl (C=O) groups excluding carboxylic acids is 3. The number of aromatic nitrogens is 1. The van der Waals surface area contributed by atoms with E-state index >= 15 is 0 Å². The minimum atomic E-state index is -0.532. The van der Waals surface area contributed by atoms with Crippen LogP contribution in [0.5, 0.6) is 0 Å². The minimum Gasteiger partial charge on any atom is -0.344 e. The van der Waals surface area contributed by atoms with E-state index in [1.54, 1.807) is 25.1 Å². The molecule has 0 aliphatic carbocycles. The molecule has 1 aliphatic rings. The lowest BCUT2D eigenvalue weighted by atomic mass is 10.2. The van der Waals surface area contributed by atoms with Gasteiger partial charge in [-0.05, 0) is 25.5 Å². The zero-order valence-electron chi connectivity index (χ0n) is 11.4. The van der Waals surface area contributed by atoms with Crippen LogP contribution >= 0.6 is 12.6 Å². The summed E-state index contributed by atoms with van der Waals surface area (Å²) in [6.45, 7) is 1.65. The molecule has 0 saturated carbocycles. The van der Waals surface area contributed by atoms with Gasteiger partial charge in [0.25, 0.3) is 0 Å². The Kier molecular flexibility index (Phi) is 4.79. The fraction of sp³-hybridized carbons (Fsp3) is 0.385. The van der Waals surface area contributed by atoms with Gasteiger partial charge in [-0.3, -0.25) is 14.4 Å². The van der Waals surface area contributed by atoms with Gasteiger partial charge in [0.05, 0.1) is 5.25 Å². The number of hydrogen-bond acceptors (Lipinski definition) is 5. The number of rotatable bonds is 4. The van der Waals surface area contributed by atoms with E-state index in [-0.39, 0.29) is 17.7 Å². The molecule has 2 atom stereocenters. The number of amides is 3. The van der Waals surface area contributed by atoms with Crippen LogP contribution in [0, 0.1) is 0 Å². The van der Waals surface area contributed by atoms with Crippen molar-refractivity contribution in [1.29, 1.82) is 0 Å². The number of carbonyl (C=O) groups is 3. The SMILES string of the molecule is CC(S)C(=O)Nc1cccc(NC(=O)[C@@H]2CCC(=O)N2)n1. The van der Waals surface area contributed by atoms with Crippen LogP contribution in [0.15, 0.2) is 18.2 Å². The fourth-order valence-corrected chi connectivity index (χ4v) is 1.89. The molecule has 1 fully saturated rings. The fourth-order valence-electron chi connectivity index (χ4n) is 1.83. The molecule has 7 nitrogen and oxygen atoms in total. The van der Waals surface area contributed by atoms with Crippen molar-refractivity contribution in [3.63, 3.8) is 0 Å². The van der Waals surface area contributed by atoms with Crippen molar-refractivity contribution in [2.75, 3.05) is 10.6 Å². The molecule has 2 heterocycles. The number of hydrogen-bond donors (Lipinski definition) is 4. The summed E-state index contributed by atoms with van der Waals surface area (Å²) in [5.41, 5.74) is 0. The van der Waals surface area contributed by atoms with Crippen molar-refractivity contribution in [3.05, 3.63) is 18.2 Å². The first-order valence-electron chi connectivity index (χ1n) is 6.52. The largest absolute Gasteiger partial charge is 0.344 e. The van der Waals surface area contributed by atoms with E-state index in [1.807, 2.05) is 0 Å². The van der Waals surface area contributed by atoms with E-state index in [9.17, 15) is 14.4 Å². The Morgan fingerprint density at radius 1 is 1.38 bits per heavy atom. The quantitative estimate of drug-likeness (QED) is 0.610. The minimum absolute atomic E-state index is 0.133. The molecule has 0 bridgehead atoms. The van der Waals surface area contributed by atoms with Crippen LogP contribution in [0.3, 0.4) is 0 Å². The van der Waals surface area contributed by atoms with Crippen molar-refractivity contribution in [1.82, 2.24) is 10.3 Å². The third-order valence-electron chi connectivity index (χ3n) is 2.94. The monoisotopic (exact) mass is 308 g/mol. The van der Waals surface area contributed by atoms with Gasteiger partial charge in [-0.2, -0.15) is 12.6 Å². The lowest BCUT2D eigenvalue weighted by Crippen LogP contribution is -2.37. The molecule has 1 aromatic heterocycles. The molecule has 1 saturated heterocycles. The molecule has 1 unspecified atom stereocenters. The highest BCUT2D eigenvalue weighted by molar-refractivity contribution is 7.81. The smallest absolute Gasteiger partial charge is 0.248 e. The highest BCUT2D eigenvalue weighted by Crippen LogP contribution is 2.13. The second kappa shape index (κ2) is 6.57. The van der Waals surface area contributed by atoms with E-state index in [4.69, 9.17) is 0 Å². The molecule has 112 valence electrons.